The first-order valence-corrected chi connectivity index (χ1v) is 4.88. The first-order valence-electron chi connectivity index (χ1n) is 4.88. The van der Waals surface area contributed by atoms with Crippen LogP contribution in [0.2, 0.25) is 0 Å². The lowest BCUT2D eigenvalue weighted by Crippen LogP contribution is -2.30. The predicted molar refractivity (Wildman–Crippen MR) is 58.1 cm³/mol. The second-order valence-corrected chi connectivity index (χ2v) is 3.51. The molecular formula is C11H13FN2O2. The number of fused-ring (bicyclic) bond motifs is 1. The molecule has 86 valence electrons. The number of nitrogens with one attached hydrogen (secondary N) is 1. The molecule has 4 nitrogen and oxygen atoms in total. The van der Waals surface area contributed by atoms with Gasteiger partial charge in [0.15, 0.2) is 0 Å². The van der Waals surface area contributed by atoms with Gasteiger partial charge in [0.1, 0.15) is 23.2 Å². The van der Waals surface area contributed by atoms with Crippen molar-refractivity contribution in [3.63, 3.8) is 0 Å². The zero-order valence-corrected chi connectivity index (χ0v) is 8.87. The Morgan fingerprint density at radius 1 is 1.50 bits per heavy atom. The Balaban J connectivity index is 2.37. The lowest BCUT2D eigenvalue weighted by atomic mass is 10.2. The Labute approximate surface area is 92.1 Å². The molecule has 0 radical (unpaired) electrons. The van der Waals surface area contributed by atoms with Crippen molar-refractivity contribution in [2.24, 2.45) is 5.84 Å². The average molecular weight is 224 g/mol. The molecule has 0 spiro atoms. The summed E-state index contributed by atoms with van der Waals surface area (Å²) in [6, 6.07) is 5.89. The molecule has 2 rings (SSSR count). The van der Waals surface area contributed by atoms with E-state index in [1.807, 2.05) is 0 Å². The van der Waals surface area contributed by atoms with E-state index in [1.54, 1.807) is 19.2 Å². The van der Waals surface area contributed by atoms with E-state index in [4.69, 9.17) is 15.0 Å². The summed E-state index contributed by atoms with van der Waals surface area (Å²) in [6.07, 6.45) is 0. The minimum Gasteiger partial charge on any atom is -0.459 e. The third kappa shape index (κ3) is 2.06. The van der Waals surface area contributed by atoms with Crippen molar-refractivity contribution in [3.05, 3.63) is 35.8 Å². The molecule has 1 heterocycles. The fourth-order valence-electron chi connectivity index (χ4n) is 1.59. The molecule has 0 saturated heterocycles. The summed E-state index contributed by atoms with van der Waals surface area (Å²) in [5.41, 5.74) is 3.21. The molecule has 1 aromatic heterocycles. The fourth-order valence-corrected chi connectivity index (χ4v) is 1.59. The summed E-state index contributed by atoms with van der Waals surface area (Å²) in [5.74, 6) is 5.72. The molecule has 0 fully saturated rings. The lowest BCUT2D eigenvalue weighted by molar-refractivity contribution is 0.158. The summed E-state index contributed by atoms with van der Waals surface area (Å²) in [4.78, 5) is 0. The van der Waals surface area contributed by atoms with Crippen LogP contribution >= 0.6 is 0 Å². The van der Waals surface area contributed by atoms with Crippen LogP contribution in [-0.2, 0) is 4.74 Å². The highest BCUT2D eigenvalue weighted by atomic mass is 19.1. The van der Waals surface area contributed by atoms with Gasteiger partial charge in [-0.25, -0.2) is 9.82 Å². The van der Waals surface area contributed by atoms with Crippen LogP contribution in [0.1, 0.15) is 11.8 Å². The highest BCUT2D eigenvalue weighted by molar-refractivity contribution is 5.78. The topological polar surface area (TPSA) is 60.4 Å². The van der Waals surface area contributed by atoms with Crippen LogP contribution in [0.25, 0.3) is 11.0 Å². The van der Waals surface area contributed by atoms with Gasteiger partial charge in [0.25, 0.3) is 0 Å². The zero-order chi connectivity index (χ0) is 11.5. The SMILES string of the molecule is COCC(NN)c1cc2cc(F)ccc2o1. The molecular weight excluding hydrogens is 211 g/mol. The van der Waals surface area contributed by atoms with Crippen molar-refractivity contribution in [3.8, 4) is 0 Å². The first-order chi connectivity index (χ1) is 7.74. The molecule has 0 amide bonds. The summed E-state index contributed by atoms with van der Waals surface area (Å²) in [6.45, 7) is 0.388. The number of benzene rings is 1. The summed E-state index contributed by atoms with van der Waals surface area (Å²) in [5, 5.41) is 0.714. The Kier molecular flexibility index (Phi) is 3.19. The number of hydrogen-bond acceptors (Lipinski definition) is 4. The Morgan fingerprint density at radius 2 is 2.31 bits per heavy atom. The third-order valence-corrected chi connectivity index (χ3v) is 2.38. The van der Waals surface area contributed by atoms with Gasteiger partial charge in [-0.1, -0.05) is 0 Å². The predicted octanol–water partition coefficient (Wildman–Crippen LogP) is 1.72. The van der Waals surface area contributed by atoms with Gasteiger partial charge < -0.3 is 9.15 Å². The number of furan rings is 1. The molecule has 0 saturated carbocycles. The number of methoxy groups -OCH3 is 1. The quantitative estimate of drug-likeness (QED) is 0.613. The summed E-state index contributed by atoms with van der Waals surface area (Å²) >= 11 is 0. The monoisotopic (exact) mass is 224 g/mol. The Bertz CT molecular complexity index is 484. The van der Waals surface area contributed by atoms with Crippen LogP contribution in [0.5, 0.6) is 0 Å². The minimum absolute atomic E-state index is 0.236. The number of hydrogen-bond donors (Lipinski definition) is 2. The van der Waals surface area contributed by atoms with Gasteiger partial charge in [-0.05, 0) is 24.3 Å². The molecule has 1 unspecified atom stereocenters. The maximum absolute atomic E-state index is 13.0. The van der Waals surface area contributed by atoms with Crippen LogP contribution in [0.3, 0.4) is 0 Å². The third-order valence-electron chi connectivity index (χ3n) is 2.38. The minimum atomic E-state index is -0.288. The highest BCUT2D eigenvalue weighted by Gasteiger charge is 2.14. The van der Waals surface area contributed by atoms with E-state index in [0.29, 0.717) is 23.3 Å². The van der Waals surface area contributed by atoms with Gasteiger partial charge in [0, 0.05) is 12.5 Å². The van der Waals surface area contributed by atoms with Gasteiger partial charge in [-0.2, -0.15) is 0 Å². The van der Waals surface area contributed by atoms with Crippen molar-refractivity contribution >= 4 is 11.0 Å². The van der Waals surface area contributed by atoms with Gasteiger partial charge in [0.2, 0.25) is 0 Å². The van der Waals surface area contributed by atoms with Crippen molar-refractivity contribution in [1.29, 1.82) is 0 Å². The molecule has 0 bridgehead atoms. The number of rotatable bonds is 4. The van der Waals surface area contributed by atoms with Crippen molar-refractivity contribution < 1.29 is 13.5 Å². The second kappa shape index (κ2) is 4.61. The maximum Gasteiger partial charge on any atom is 0.134 e. The standard InChI is InChI=1S/C11H13FN2O2/c1-15-6-9(14-13)11-5-7-4-8(12)2-3-10(7)16-11/h2-5,9,14H,6,13H2,1H3. The van der Waals surface area contributed by atoms with Gasteiger partial charge in [-0.15, -0.1) is 0 Å². The van der Waals surface area contributed by atoms with E-state index >= 15 is 0 Å². The van der Waals surface area contributed by atoms with Crippen molar-refractivity contribution in [2.75, 3.05) is 13.7 Å². The summed E-state index contributed by atoms with van der Waals surface area (Å²) in [7, 11) is 1.58. The van der Waals surface area contributed by atoms with Crippen LogP contribution < -0.4 is 11.3 Å². The Morgan fingerprint density at radius 3 is 3.00 bits per heavy atom. The number of halogens is 1. The van der Waals surface area contributed by atoms with Crippen LogP contribution in [0.15, 0.2) is 28.7 Å². The normalized spacial score (nSPS) is 13.2. The van der Waals surface area contributed by atoms with Crippen molar-refractivity contribution in [2.45, 2.75) is 6.04 Å². The van der Waals surface area contributed by atoms with Crippen molar-refractivity contribution in [1.82, 2.24) is 5.43 Å². The van der Waals surface area contributed by atoms with Gasteiger partial charge in [-0.3, -0.25) is 5.84 Å². The number of nitrogens with two attached hydrogens (primary N) is 1. The van der Waals surface area contributed by atoms with Crippen LogP contribution in [-0.4, -0.2) is 13.7 Å². The fraction of sp³-hybridized carbons (Fsp3) is 0.273. The molecule has 0 aliphatic heterocycles. The van der Waals surface area contributed by atoms with Gasteiger partial charge in [0.05, 0.1) is 6.61 Å². The van der Waals surface area contributed by atoms with E-state index in [2.05, 4.69) is 5.43 Å². The second-order valence-electron chi connectivity index (χ2n) is 3.51. The largest absolute Gasteiger partial charge is 0.459 e. The van der Waals surface area contributed by atoms with Gasteiger partial charge >= 0.3 is 0 Å². The molecule has 0 aliphatic rings. The number of hydrazine groups is 1. The molecule has 0 aliphatic carbocycles. The average Bonchev–Trinajstić information content (AvgIpc) is 2.68. The maximum atomic E-state index is 13.0. The molecule has 1 atom stereocenters. The molecule has 3 N–H and O–H groups in total. The lowest BCUT2D eigenvalue weighted by Gasteiger charge is -2.10. The van der Waals surface area contributed by atoms with E-state index < -0.39 is 0 Å². The van der Waals surface area contributed by atoms with E-state index in [0.717, 1.165) is 0 Å². The molecule has 5 heteroatoms. The highest BCUT2D eigenvalue weighted by Crippen LogP contribution is 2.24. The van der Waals surface area contributed by atoms with E-state index in [-0.39, 0.29) is 11.9 Å². The summed E-state index contributed by atoms with van der Waals surface area (Å²) < 4.78 is 23.5. The molecule has 1 aromatic carbocycles. The van der Waals surface area contributed by atoms with E-state index in [1.165, 1.54) is 12.1 Å². The van der Waals surface area contributed by atoms with Crippen LogP contribution in [0, 0.1) is 5.82 Å². The zero-order valence-electron chi connectivity index (χ0n) is 8.87. The first kappa shape index (κ1) is 11.1. The molecule has 2 aromatic rings. The van der Waals surface area contributed by atoms with E-state index in [9.17, 15) is 4.39 Å². The Hall–Kier alpha value is -1.43. The van der Waals surface area contributed by atoms with Crippen LogP contribution in [0.4, 0.5) is 4.39 Å². The number of ether oxygens (including phenoxy) is 1. The molecule has 16 heavy (non-hydrogen) atoms. The smallest absolute Gasteiger partial charge is 0.134 e.